The van der Waals surface area contributed by atoms with Crippen LogP contribution in [0.5, 0.6) is 0 Å². The third-order valence-electron chi connectivity index (χ3n) is 2.18. The molecule has 0 rings (SSSR count). The molecule has 0 aromatic rings. The molecule has 0 amide bonds. The van der Waals surface area contributed by atoms with Crippen molar-refractivity contribution in [1.82, 2.24) is 0 Å². The van der Waals surface area contributed by atoms with Crippen LogP contribution in [0.3, 0.4) is 0 Å². The van der Waals surface area contributed by atoms with Gasteiger partial charge in [-0.05, 0) is 0 Å². The third-order valence-corrected chi connectivity index (χ3v) is 2.18. The van der Waals surface area contributed by atoms with Gasteiger partial charge in [0.05, 0.1) is 4.92 Å². The predicted molar refractivity (Wildman–Crippen MR) is 48.7 cm³/mol. The second kappa shape index (κ2) is 5.31. The van der Waals surface area contributed by atoms with Crippen LogP contribution in [0.1, 0.15) is 0 Å². The van der Waals surface area contributed by atoms with Crippen molar-refractivity contribution in [1.29, 1.82) is 0 Å². The maximum absolute atomic E-state index is 10.7. The van der Waals surface area contributed by atoms with Gasteiger partial charge in [-0.3, -0.25) is 30.3 Å². The van der Waals surface area contributed by atoms with Crippen LogP contribution in [0.15, 0.2) is 0 Å². The summed E-state index contributed by atoms with van der Waals surface area (Å²) in [5.74, 6) is -4.50. The quantitative estimate of drug-likeness (QED) is 0.267. The maximum atomic E-state index is 10.7. The van der Waals surface area contributed by atoms with Crippen molar-refractivity contribution in [2.75, 3.05) is 13.2 Å². The van der Waals surface area contributed by atoms with E-state index in [9.17, 15) is 40.5 Å². The molecule has 0 heterocycles. The molecule has 0 radical (unpaired) electrons. The van der Waals surface area contributed by atoms with Gasteiger partial charge in [-0.15, -0.1) is 10.1 Å². The fraction of sp³-hybridized carbons (Fsp3) is 1.00. The third kappa shape index (κ3) is 2.18. The lowest BCUT2D eigenvalue weighted by atomic mass is 9.96. The largest absolute Gasteiger partial charge is 0.690 e. The van der Waals surface area contributed by atoms with Crippen LogP contribution in [-0.4, -0.2) is 54.7 Å². The molecule has 0 aromatic heterocycles. The molecule has 0 unspecified atom stereocenters. The van der Waals surface area contributed by atoms with E-state index in [2.05, 4.69) is 4.84 Å². The smallest absolute Gasteiger partial charge is 0.388 e. The summed E-state index contributed by atoms with van der Waals surface area (Å²) in [4.78, 5) is 39.4. The summed E-state index contributed by atoms with van der Waals surface area (Å²) < 4.78 is 0. The van der Waals surface area contributed by atoms with Crippen molar-refractivity contribution >= 4 is 0 Å². The Labute approximate surface area is 101 Å². The molecule has 0 saturated heterocycles. The van der Waals surface area contributed by atoms with Crippen LogP contribution >= 0.6 is 0 Å². The molecule has 0 saturated carbocycles. The maximum Gasteiger partial charge on any atom is 0.690 e. The van der Waals surface area contributed by atoms with E-state index < -0.39 is 44.5 Å². The Balaban J connectivity index is 6.36. The Morgan fingerprint density at radius 2 is 1.21 bits per heavy atom. The lowest BCUT2D eigenvalue weighted by Gasteiger charge is -2.24. The van der Waals surface area contributed by atoms with Crippen molar-refractivity contribution in [3.05, 3.63) is 40.5 Å². The van der Waals surface area contributed by atoms with E-state index in [0.717, 1.165) is 0 Å². The van der Waals surface area contributed by atoms with Gasteiger partial charge >= 0.3 is 16.5 Å². The molecule has 108 valence electrons. The molecule has 0 atom stereocenters. The zero-order valence-electron chi connectivity index (χ0n) is 8.77. The van der Waals surface area contributed by atoms with Crippen LogP contribution in [0, 0.1) is 40.5 Å². The van der Waals surface area contributed by atoms with Crippen LogP contribution in [0.2, 0.25) is 0 Å². The van der Waals surface area contributed by atoms with Crippen LogP contribution in [-0.2, 0) is 4.84 Å². The Morgan fingerprint density at radius 1 is 0.842 bits per heavy atom. The van der Waals surface area contributed by atoms with E-state index in [1.807, 2.05) is 0 Å². The monoisotopic (exact) mass is 286 g/mol. The summed E-state index contributed by atoms with van der Waals surface area (Å²) in [5, 5.41) is 57.7. The second-order valence-corrected chi connectivity index (χ2v) is 3.04. The first kappa shape index (κ1) is 16.3. The molecule has 0 spiro atoms. The average Bonchev–Trinajstić information content (AvgIpc) is 2.27. The molecule has 0 fully saturated rings. The second-order valence-electron chi connectivity index (χ2n) is 3.04. The van der Waals surface area contributed by atoms with E-state index in [4.69, 9.17) is 10.2 Å². The number of nitrogens with zero attached hydrogens (tertiary/aromatic N) is 4. The highest BCUT2D eigenvalue weighted by Gasteiger charge is 2.86. The van der Waals surface area contributed by atoms with Crippen LogP contribution in [0.25, 0.3) is 0 Å². The molecular formula is C4H6N4O11. The van der Waals surface area contributed by atoms with Crippen molar-refractivity contribution in [3.8, 4) is 0 Å². The minimum atomic E-state index is -4.50. The molecule has 2 N–H and O–H groups in total. The number of aliphatic hydroxyl groups excluding tert-OH is 2. The molecular weight excluding hydrogens is 280 g/mol. The lowest BCUT2D eigenvalue weighted by Crippen LogP contribution is -2.73. The van der Waals surface area contributed by atoms with Gasteiger partial charge in [0.2, 0.25) is 0 Å². The highest BCUT2D eigenvalue weighted by Crippen LogP contribution is 2.31. The Hall–Kier alpha value is -2.68. The normalized spacial score (nSPS) is 11.7. The first-order valence-corrected chi connectivity index (χ1v) is 4.11. The molecule has 0 aromatic carbocycles. The van der Waals surface area contributed by atoms with Crippen LogP contribution in [0.4, 0.5) is 0 Å². The van der Waals surface area contributed by atoms with Crippen molar-refractivity contribution in [3.63, 3.8) is 0 Å². The standard InChI is InChI=1S/C4H6N4O11/c9-1-3(2-10,5(11)12)4(6(13)14,7(15)16)19-8(17)18/h9-10H,1-2H2. The number of aliphatic hydroxyl groups is 2. The van der Waals surface area contributed by atoms with Crippen LogP contribution < -0.4 is 0 Å². The van der Waals surface area contributed by atoms with E-state index in [0.29, 0.717) is 0 Å². The summed E-state index contributed by atoms with van der Waals surface area (Å²) in [6.07, 6.45) is 0. The number of rotatable bonds is 8. The minimum absolute atomic E-state index is 1.79. The highest BCUT2D eigenvalue weighted by atomic mass is 17.0. The SMILES string of the molecule is O=[N+]([O-])OC([N+](=O)[O-])([N+](=O)[O-])C(CO)(CO)[N+](=O)[O-]. The first-order valence-electron chi connectivity index (χ1n) is 4.11. The zero-order chi connectivity index (χ0) is 15.4. The topological polar surface area (TPSA) is 222 Å². The lowest BCUT2D eigenvalue weighted by molar-refractivity contribution is -0.992. The van der Waals surface area contributed by atoms with Crippen molar-refractivity contribution < 1.29 is 34.9 Å². The number of hydrogen-bond donors (Lipinski definition) is 2. The number of hydrogen-bond acceptors (Lipinski definition) is 11. The fourth-order valence-electron chi connectivity index (χ4n) is 1.15. The minimum Gasteiger partial charge on any atom is -0.388 e. The summed E-state index contributed by atoms with van der Waals surface area (Å²) in [7, 11) is 0. The summed E-state index contributed by atoms with van der Waals surface area (Å²) >= 11 is 0. The Morgan fingerprint density at radius 3 is 1.37 bits per heavy atom. The van der Waals surface area contributed by atoms with Gasteiger partial charge in [-0.1, -0.05) is 0 Å². The zero-order valence-corrected chi connectivity index (χ0v) is 8.77. The molecule has 0 aliphatic rings. The van der Waals surface area contributed by atoms with E-state index in [1.165, 1.54) is 0 Å². The molecule has 0 bridgehead atoms. The summed E-state index contributed by atoms with van der Waals surface area (Å²) in [5.41, 5.74) is -3.76. The van der Waals surface area contributed by atoms with E-state index in [-0.39, 0.29) is 0 Å². The summed E-state index contributed by atoms with van der Waals surface area (Å²) in [6.45, 7) is -3.90. The van der Waals surface area contributed by atoms with Gasteiger partial charge in [0.25, 0.3) is 0 Å². The molecule has 0 aliphatic carbocycles. The van der Waals surface area contributed by atoms with Gasteiger partial charge < -0.3 is 10.2 Å². The molecule has 15 heteroatoms. The summed E-state index contributed by atoms with van der Waals surface area (Å²) in [6, 6.07) is 0. The average molecular weight is 286 g/mol. The molecule has 0 aliphatic heterocycles. The van der Waals surface area contributed by atoms with E-state index >= 15 is 0 Å². The van der Waals surface area contributed by atoms with Gasteiger partial charge in [0.1, 0.15) is 23.1 Å². The number of nitro groups is 3. The molecule has 19 heavy (non-hydrogen) atoms. The fourth-order valence-corrected chi connectivity index (χ4v) is 1.15. The highest BCUT2D eigenvalue weighted by molar-refractivity contribution is 4.87. The first-order chi connectivity index (χ1) is 8.62. The van der Waals surface area contributed by atoms with E-state index in [1.54, 1.807) is 0 Å². The predicted octanol–water partition coefficient (Wildman–Crippen LogP) is -2.60. The van der Waals surface area contributed by atoms with Gasteiger partial charge in [-0.2, -0.15) is 4.84 Å². The molecule has 15 nitrogen and oxygen atoms in total. The van der Waals surface area contributed by atoms with Gasteiger partial charge in [-0.25, -0.2) is 0 Å². The van der Waals surface area contributed by atoms with Crippen molar-refractivity contribution in [2.24, 2.45) is 0 Å². The Kier molecular flexibility index (Phi) is 4.56. The Bertz CT molecular complexity index is 401. The van der Waals surface area contributed by atoms with Gasteiger partial charge in [0, 0.05) is 0 Å². The van der Waals surface area contributed by atoms with Gasteiger partial charge in [0.15, 0.2) is 0 Å². The van der Waals surface area contributed by atoms with Crippen molar-refractivity contribution in [2.45, 2.75) is 11.4 Å².